The van der Waals surface area contributed by atoms with Gasteiger partial charge < -0.3 is 0 Å². The minimum atomic E-state index is -4.69. The number of rotatable bonds is 5. The summed E-state index contributed by atoms with van der Waals surface area (Å²) in [7, 11) is 0. The van der Waals surface area contributed by atoms with Gasteiger partial charge in [-0.15, -0.1) is 11.3 Å². The summed E-state index contributed by atoms with van der Waals surface area (Å²) in [5, 5.41) is 5.26. The van der Waals surface area contributed by atoms with Gasteiger partial charge in [0.05, 0.1) is 12.1 Å². The molecule has 2 aromatic rings. The molecule has 0 amide bonds. The largest absolute Gasteiger partial charge is 0.431 e. The molecule has 8 heteroatoms. The maximum Gasteiger partial charge on any atom is 0.431 e. The molecule has 1 aromatic heterocycles. The maximum atomic E-state index is 13.0. The standard InChI is InChI=1S/C15H14F3N3OS/c1-9-3-5-11(6-4-9)12(22)7-13(15(16,17)18)20-21-14-19-10(2)8-23-14/h3-6,8H,7H2,1-2H3,(H,19,21)/b20-13-. The molecule has 0 saturated heterocycles. The van der Waals surface area contributed by atoms with Gasteiger partial charge in [-0.05, 0) is 13.8 Å². The number of halogens is 3. The van der Waals surface area contributed by atoms with E-state index in [1.54, 1.807) is 24.4 Å². The molecule has 0 aliphatic rings. The van der Waals surface area contributed by atoms with Gasteiger partial charge in [-0.2, -0.15) is 18.3 Å². The fourth-order valence-electron chi connectivity index (χ4n) is 1.72. The predicted octanol–water partition coefficient (Wildman–Crippen LogP) is 4.36. The topological polar surface area (TPSA) is 54.4 Å². The molecule has 0 spiro atoms. The first-order valence-corrected chi connectivity index (χ1v) is 7.55. The molecule has 23 heavy (non-hydrogen) atoms. The molecule has 0 aliphatic carbocycles. The average Bonchev–Trinajstić information content (AvgIpc) is 2.88. The molecule has 1 aromatic carbocycles. The van der Waals surface area contributed by atoms with Gasteiger partial charge >= 0.3 is 6.18 Å². The lowest BCUT2D eigenvalue weighted by atomic mass is 10.0. The van der Waals surface area contributed by atoms with Gasteiger partial charge in [-0.1, -0.05) is 29.8 Å². The summed E-state index contributed by atoms with van der Waals surface area (Å²) in [4.78, 5) is 16.0. The highest BCUT2D eigenvalue weighted by Gasteiger charge is 2.37. The normalized spacial score (nSPS) is 12.3. The number of hydrazone groups is 1. The predicted molar refractivity (Wildman–Crippen MR) is 84.1 cm³/mol. The Kier molecular flexibility index (Phi) is 5.15. The van der Waals surface area contributed by atoms with Crippen molar-refractivity contribution in [3.8, 4) is 0 Å². The first kappa shape index (κ1) is 17.1. The molecule has 0 bridgehead atoms. The van der Waals surface area contributed by atoms with Crippen LogP contribution < -0.4 is 5.43 Å². The minimum absolute atomic E-state index is 0.220. The van der Waals surface area contributed by atoms with E-state index >= 15 is 0 Å². The van der Waals surface area contributed by atoms with Crippen LogP contribution in [0.3, 0.4) is 0 Å². The zero-order valence-corrected chi connectivity index (χ0v) is 13.3. The number of hydrogen-bond acceptors (Lipinski definition) is 5. The van der Waals surface area contributed by atoms with Crippen LogP contribution in [0.15, 0.2) is 34.7 Å². The molecule has 0 unspecified atom stereocenters. The van der Waals surface area contributed by atoms with Gasteiger partial charge in [-0.3, -0.25) is 10.2 Å². The fraction of sp³-hybridized carbons (Fsp3) is 0.267. The zero-order chi connectivity index (χ0) is 17.0. The highest BCUT2D eigenvalue weighted by Crippen LogP contribution is 2.22. The highest BCUT2D eigenvalue weighted by atomic mass is 32.1. The van der Waals surface area contributed by atoms with Crippen LogP contribution in [-0.2, 0) is 0 Å². The smallest absolute Gasteiger partial charge is 0.294 e. The highest BCUT2D eigenvalue weighted by molar-refractivity contribution is 7.13. The number of ketones is 1. The van der Waals surface area contributed by atoms with Crippen molar-refractivity contribution in [3.05, 3.63) is 46.5 Å². The van der Waals surface area contributed by atoms with Crippen molar-refractivity contribution in [2.75, 3.05) is 5.43 Å². The summed E-state index contributed by atoms with van der Waals surface area (Å²) in [6.07, 6.45) is -5.52. The van der Waals surface area contributed by atoms with Crippen LogP contribution in [0.4, 0.5) is 18.3 Å². The molecule has 0 fully saturated rings. The molecule has 0 radical (unpaired) electrons. The van der Waals surface area contributed by atoms with Crippen molar-refractivity contribution in [2.45, 2.75) is 26.4 Å². The molecule has 122 valence electrons. The van der Waals surface area contributed by atoms with Gasteiger partial charge in [0.1, 0.15) is 5.71 Å². The van der Waals surface area contributed by atoms with Crippen LogP contribution in [0.1, 0.15) is 28.0 Å². The number of aromatic nitrogens is 1. The lowest BCUT2D eigenvalue weighted by Gasteiger charge is -2.10. The second-order valence-corrected chi connectivity index (χ2v) is 5.79. The Hall–Kier alpha value is -2.22. The fourth-order valence-corrected chi connectivity index (χ4v) is 2.35. The van der Waals surface area contributed by atoms with Crippen molar-refractivity contribution in [3.63, 3.8) is 0 Å². The third kappa shape index (κ3) is 4.88. The van der Waals surface area contributed by atoms with E-state index in [0.717, 1.165) is 16.9 Å². The Morgan fingerprint density at radius 3 is 2.43 bits per heavy atom. The Morgan fingerprint density at radius 2 is 1.91 bits per heavy atom. The van der Waals surface area contributed by atoms with E-state index in [-0.39, 0.29) is 10.7 Å². The number of nitrogens with zero attached hydrogens (tertiary/aromatic N) is 2. The number of Topliss-reactive ketones (excluding diaryl/α,β-unsaturated/α-hetero) is 1. The van der Waals surface area contributed by atoms with Crippen molar-refractivity contribution in [2.24, 2.45) is 5.10 Å². The summed E-state index contributed by atoms with van der Waals surface area (Å²) in [6, 6.07) is 6.36. The number of benzene rings is 1. The van der Waals surface area contributed by atoms with E-state index < -0.39 is 24.1 Å². The van der Waals surface area contributed by atoms with Crippen LogP contribution in [0.2, 0.25) is 0 Å². The Labute approximate surface area is 135 Å². The van der Waals surface area contributed by atoms with Crippen LogP contribution in [0.25, 0.3) is 0 Å². The molecule has 4 nitrogen and oxygen atoms in total. The van der Waals surface area contributed by atoms with Crippen molar-refractivity contribution < 1.29 is 18.0 Å². The zero-order valence-electron chi connectivity index (χ0n) is 12.4. The molecule has 0 atom stereocenters. The Morgan fingerprint density at radius 1 is 1.26 bits per heavy atom. The molecular weight excluding hydrogens is 327 g/mol. The van der Waals surface area contributed by atoms with E-state index in [1.165, 1.54) is 12.1 Å². The number of nitrogens with one attached hydrogen (secondary N) is 1. The summed E-state index contributed by atoms with van der Waals surface area (Å²) in [5.74, 6) is -0.641. The molecule has 2 rings (SSSR count). The van der Waals surface area contributed by atoms with Crippen LogP contribution in [0.5, 0.6) is 0 Å². The maximum absolute atomic E-state index is 13.0. The third-order valence-electron chi connectivity index (χ3n) is 2.93. The molecular formula is C15H14F3N3OS. The van der Waals surface area contributed by atoms with Gasteiger partial charge in [0.25, 0.3) is 0 Å². The summed E-state index contributed by atoms with van der Waals surface area (Å²) in [5.41, 5.74) is 2.90. The summed E-state index contributed by atoms with van der Waals surface area (Å²) >= 11 is 1.14. The van der Waals surface area contributed by atoms with E-state index in [4.69, 9.17) is 0 Å². The van der Waals surface area contributed by atoms with Gasteiger partial charge in [0, 0.05) is 10.9 Å². The van der Waals surface area contributed by atoms with Crippen LogP contribution in [0, 0.1) is 13.8 Å². The first-order valence-electron chi connectivity index (χ1n) is 6.67. The average molecular weight is 341 g/mol. The van der Waals surface area contributed by atoms with Gasteiger partial charge in [-0.25, -0.2) is 4.98 Å². The van der Waals surface area contributed by atoms with E-state index in [0.29, 0.717) is 5.69 Å². The number of carbonyl (C=O) groups excluding carboxylic acids is 1. The number of anilines is 1. The lowest BCUT2D eigenvalue weighted by Crippen LogP contribution is -2.27. The minimum Gasteiger partial charge on any atom is -0.294 e. The van der Waals surface area contributed by atoms with E-state index in [9.17, 15) is 18.0 Å². The Balaban J connectivity index is 2.15. The van der Waals surface area contributed by atoms with Gasteiger partial charge in [0.15, 0.2) is 5.78 Å². The van der Waals surface area contributed by atoms with Gasteiger partial charge in [0.2, 0.25) is 5.13 Å². The second-order valence-electron chi connectivity index (χ2n) is 4.93. The SMILES string of the molecule is Cc1ccc(C(=O)C/C(=N/Nc2nc(C)cs2)C(F)(F)F)cc1. The van der Waals surface area contributed by atoms with Crippen LogP contribution in [-0.4, -0.2) is 22.7 Å². The third-order valence-corrected chi connectivity index (χ3v) is 3.80. The van der Waals surface area contributed by atoms with Crippen molar-refractivity contribution >= 4 is 28.0 Å². The Bertz CT molecular complexity index is 720. The molecule has 0 aliphatic heterocycles. The van der Waals surface area contributed by atoms with Crippen LogP contribution >= 0.6 is 11.3 Å². The van der Waals surface area contributed by atoms with Crippen molar-refractivity contribution in [1.29, 1.82) is 0 Å². The second kappa shape index (κ2) is 6.91. The summed E-state index contributed by atoms with van der Waals surface area (Å²) < 4.78 is 39.1. The molecule has 1 N–H and O–H groups in total. The number of aryl methyl sites for hydroxylation is 2. The number of alkyl halides is 3. The molecule has 0 saturated carbocycles. The lowest BCUT2D eigenvalue weighted by molar-refractivity contribution is -0.0602. The van der Waals surface area contributed by atoms with E-state index in [1.807, 2.05) is 6.92 Å². The number of hydrogen-bond donors (Lipinski definition) is 1. The quantitative estimate of drug-likeness (QED) is 0.499. The van der Waals surface area contributed by atoms with E-state index in [2.05, 4.69) is 15.5 Å². The summed E-state index contributed by atoms with van der Waals surface area (Å²) in [6.45, 7) is 3.55. The van der Waals surface area contributed by atoms with Crippen molar-refractivity contribution in [1.82, 2.24) is 4.98 Å². The first-order chi connectivity index (χ1) is 10.8. The molecule has 1 heterocycles. The number of thiazole rings is 1. The number of carbonyl (C=O) groups is 1. The monoisotopic (exact) mass is 341 g/mol.